The van der Waals surface area contributed by atoms with Gasteiger partial charge in [0.1, 0.15) is 5.75 Å². The molecule has 3 nitrogen and oxygen atoms in total. The monoisotopic (exact) mass is 269 g/mol. The average Bonchev–Trinajstić information content (AvgIpc) is 2.45. The maximum Gasteiger partial charge on any atom is 0.230 e. The Morgan fingerprint density at radius 1 is 1.10 bits per heavy atom. The lowest BCUT2D eigenvalue weighted by Gasteiger charge is -2.24. The number of phenolic OH excluding ortho intramolecular Hbond substituents is 1. The van der Waals surface area contributed by atoms with Crippen molar-refractivity contribution in [1.29, 1.82) is 0 Å². The molecule has 2 rings (SSSR count). The fraction of sp³-hybridized carbons (Fsp3) is 0.235. The summed E-state index contributed by atoms with van der Waals surface area (Å²) in [5.41, 5.74) is 1.27. The fourth-order valence-electron chi connectivity index (χ4n) is 2.06. The summed E-state index contributed by atoms with van der Waals surface area (Å²) in [4.78, 5) is 12.3. The van der Waals surface area contributed by atoms with E-state index in [1.165, 1.54) is 0 Å². The van der Waals surface area contributed by atoms with Crippen molar-refractivity contribution in [2.75, 3.05) is 0 Å². The van der Waals surface area contributed by atoms with E-state index in [-0.39, 0.29) is 11.7 Å². The summed E-state index contributed by atoms with van der Waals surface area (Å²) in [7, 11) is 0. The number of carbonyl (C=O) groups is 1. The molecule has 0 unspecified atom stereocenters. The maximum absolute atomic E-state index is 12.3. The molecule has 0 atom stereocenters. The van der Waals surface area contributed by atoms with Crippen LogP contribution in [0.25, 0.3) is 0 Å². The minimum atomic E-state index is -0.585. The maximum atomic E-state index is 12.3. The van der Waals surface area contributed by atoms with Gasteiger partial charge in [-0.05, 0) is 37.1 Å². The summed E-state index contributed by atoms with van der Waals surface area (Å²) < 4.78 is 0. The molecule has 0 spiro atoms. The van der Waals surface area contributed by atoms with Crippen molar-refractivity contribution >= 4 is 5.91 Å². The Morgan fingerprint density at radius 3 is 2.45 bits per heavy atom. The van der Waals surface area contributed by atoms with E-state index in [1.54, 1.807) is 18.2 Å². The van der Waals surface area contributed by atoms with Gasteiger partial charge in [-0.25, -0.2) is 0 Å². The summed E-state index contributed by atoms with van der Waals surface area (Å²) in [5.74, 6) is 0.172. The number of amides is 1. The van der Waals surface area contributed by atoms with Crippen molar-refractivity contribution in [3.8, 4) is 5.75 Å². The Hall–Kier alpha value is -2.29. The van der Waals surface area contributed by atoms with Crippen LogP contribution in [0.15, 0.2) is 54.6 Å². The summed E-state index contributed by atoms with van der Waals surface area (Å²) >= 11 is 0. The van der Waals surface area contributed by atoms with Gasteiger partial charge in [-0.1, -0.05) is 42.5 Å². The molecule has 20 heavy (non-hydrogen) atoms. The van der Waals surface area contributed by atoms with Gasteiger partial charge in [-0.15, -0.1) is 0 Å². The lowest BCUT2D eigenvalue weighted by molar-refractivity contribution is -0.125. The molecule has 2 N–H and O–H groups in total. The highest BCUT2D eigenvalue weighted by atomic mass is 16.3. The quantitative estimate of drug-likeness (QED) is 0.896. The van der Waals surface area contributed by atoms with Crippen LogP contribution in [-0.4, -0.2) is 11.0 Å². The summed E-state index contributed by atoms with van der Waals surface area (Å²) in [5, 5.41) is 12.3. The highest BCUT2D eigenvalue weighted by Gasteiger charge is 2.29. The van der Waals surface area contributed by atoms with Gasteiger partial charge < -0.3 is 10.4 Å². The second kappa shape index (κ2) is 5.78. The van der Waals surface area contributed by atoms with Crippen molar-refractivity contribution < 1.29 is 9.90 Å². The van der Waals surface area contributed by atoms with Crippen LogP contribution in [0.5, 0.6) is 5.75 Å². The number of hydrogen-bond acceptors (Lipinski definition) is 2. The highest BCUT2D eigenvalue weighted by molar-refractivity contribution is 5.87. The molecule has 0 fully saturated rings. The van der Waals surface area contributed by atoms with E-state index in [1.807, 2.05) is 50.2 Å². The lowest BCUT2D eigenvalue weighted by atomic mass is 9.84. The van der Waals surface area contributed by atoms with Crippen molar-refractivity contribution in [3.05, 3.63) is 65.7 Å². The molecule has 0 aliphatic heterocycles. The normalized spacial score (nSPS) is 11.1. The number of carbonyl (C=O) groups excluding carboxylic acids is 1. The van der Waals surface area contributed by atoms with Crippen molar-refractivity contribution in [2.45, 2.75) is 25.8 Å². The molecule has 3 heteroatoms. The van der Waals surface area contributed by atoms with E-state index >= 15 is 0 Å². The van der Waals surface area contributed by atoms with Gasteiger partial charge >= 0.3 is 0 Å². The first-order valence-corrected chi connectivity index (χ1v) is 6.62. The molecule has 0 saturated heterocycles. The van der Waals surface area contributed by atoms with Crippen LogP contribution in [0.2, 0.25) is 0 Å². The molecule has 0 saturated carbocycles. The van der Waals surface area contributed by atoms with Crippen LogP contribution < -0.4 is 5.32 Å². The molecular weight excluding hydrogens is 250 g/mol. The van der Waals surface area contributed by atoms with Gasteiger partial charge in [-0.2, -0.15) is 0 Å². The van der Waals surface area contributed by atoms with E-state index < -0.39 is 5.41 Å². The summed E-state index contributed by atoms with van der Waals surface area (Å²) in [6.07, 6.45) is 0. The third-order valence-corrected chi connectivity index (χ3v) is 3.43. The first-order valence-electron chi connectivity index (χ1n) is 6.62. The average molecular weight is 269 g/mol. The van der Waals surface area contributed by atoms with E-state index in [9.17, 15) is 9.90 Å². The minimum absolute atomic E-state index is 0.0351. The standard InChI is InChI=1S/C17H19NO2/c1-17(2,14-8-4-3-5-9-14)16(20)18-12-13-7-6-10-15(19)11-13/h3-11,19H,12H2,1-2H3,(H,18,20). The third-order valence-electron chi connectivity index (χ3n) is 3.43. The zero-order valence-corrected chi connectivity index (χ0v) is 11.8. The van der Waals surface area contributed by atoms with Gasteiger partial charge in [0.2, 0.25) is 5.91 Å². The minimum Gasteiger partial charge on any atom is -0.508 e. The van der Waals surface area contributed by atoms with Crippen LogP contribution in [0.1, 0.15) is 25.0 Å². The van der Waals surface area contributed by atoms with Crippen LogP contribution in [-0.2, 0) is 16.8 Å². The number of aromatic hydroxyl groups is 1. The zero-order chi connectivity index (χ0) is 14.6. The Kier molecular flexibility index (Phi) is 4.08. The summed E-state index contributed by atoms with van der Waals surface area (Å²) in [6.45, 7) is 4.21. The second-order valence-electron chi connectivity index (χ2n) is 5.34. The van der Waals surface area contributed by atoms with Gasteiger partial charge in [0.05, 0.1) is 5.41 Å². The number of nitrogens with one attached hydrogen (secondary N) is 1. The fourth-order valence-corrected chi connectivity index (χ4v) is 2.06. The van der Waals surface area contributed by atoms with E-state index in [0.29, 0.717) is 6.54 Å². The lowest BCUT2D eigenvalue weighted by Crippen LogP contribution is -2.39. The molecule has 2 aromatic carbocycles. The number of rotatable bonds is 4. The molecule has 0 aromatic heterocycles. The largest absolute Gasteiger partial charge is 0.508 e. The van der Waals surface area contributed by atoms with Gasteiger partial charge in [-0.3, -0.25) is 4.79 Å². The van der Waals surface area contributed by atoms with E-state index in [4.69, 9.17) is 0 Å². The van der Waals surface area contributed by atoms with Crippen molar-refractivity contribution in [3.63, 3.8) is 0 Å². The Morgan fingerprint density at radius 2 is 1.80 bits per heavy atom. The molecule has 104 valence electrons. The van der Waals surface area contributed by atoms with Gasteiger partial charge in [0, 0.05) is 6.54 Å². The predicted molar refractivity (Wildman–Crippen MR) is 79.4 cm³/mol. The molecule has 0 heterocycles. The van der Waals surface area contributed by atoms with Crippen molar-refractivity contribution in [1.82, 2.24) is 5.32 Å². The Balaban J connectivity index is 2.05. The predicted octanol–water partition coefficient (Wildman–Crippen LogP) is 2.99. The molecule has 1 amide bonds. The van der Waals surface area contributed by atoms with Crippen LogP contribution >= 0.6 is 0 Å². The number of benzene rings is 2. The molecule has 0 aliphatic carbocycles. The molecular formula is C17H19NO2. The van der Waals surface area contributed by atoms with Crippen molar-refractivity contribution in [2.24, 2.45) is 0 Å². The van der Waals surface area contributed by atoms with E-state index in [2.05, 4.69) is 5.32 Å². The second-order valence-corrected chi connectivity index (χ2v) is 5.34. The molecule has 2 aromatic rings. The van der Waals surface area contributed by atoms with Crippen LogP contribution in [0.3, 0.4) is 0 Å². The first kappa shape index (κ1) is 14.1. The van der Waals surface area contributed by atoms with E-state index in [0.717, 1.165) is 11.1 Å². The molecule has 0 bridgehead atoms. The van der Waals surface area contributed by atoms with Gasteiger partial charge in [0.25, 0.3) is 0 Å². The Labute approximate surface area is 119 Å². The van der Waals surface area contributed by atoms with Crippen LogP contribution in [0.4, 0.5) is 0 Å². The third kappa shape index (κ3) is 3.18. The number of phenols is 1. The topological polar surface area (TPSA) is 49.3 Å². The first-order chi connectivity index (χ1) is 9.50. The Bertz CT molecular complexity index is 591. The molecule has 0 aliphatic rings. The SMILES string of the molecule is CC(C)(C(=O)NCc1cccc(O)c1)c1ccccc1. The summed E-state index contributed by atoms with van der Waals surface area (Å²) in [6, 6.07) is 16.6. The number of hydrogen-bond donors (Lipinski definition) is 2. The zero-order valence-electron chi connectivity index (χ0n) is 11.8. The van der Waals surface area contributed by atoms with Crippen LogP contribution in [0, 0.1) is 0 Å². The highest BCUT2D eigenvalue weighted by Crippen LogP contribution is 2.23. The van der Waals surface area contributed by atoms with Gasteiger partial charge in [0.15, 0.2) is 0 Å². The smallest absolute Gasteiger partial charge is 0.230 e. The molecule has 0 radical (unpaired) electrons.